The van der Waals surface area contributed by atoms with Crippen LogP contribution in [0.15, 0.2) is 21.6 Å². The van der Waals surface area contributed by atoms with Crippen LogP contribution >= 0.6 is 0 Å². The molecule has 1 fully saturated rings. The minimum Gasteiger partial charge on any atom is -0.447 e. The van der Waals surface area contributed by atoms with Gasteiger partial charge in [0.25, 0.3) is 10.0 Å². The van der Waals surface area contributed by atoms with Crippen molar-refractivity contribution in [3.63, 3.8) is 0 Å². The van der Waals surface area contributed by atoms with E-state index in [0.717, 1.165) is 32.8 Å². The molecule has 21 heavy (non-hydrogen) atoms. The highest BCUT2D eigenvalue weighted by Crippen LogP contribution is 2.13. The molecule has 1 atom stereocenters. The zero-order valence-electron chi connectivity index (χ0n) is 12.5. The van der Waals surface area contributed by atoms with E-state index in [1.54, 1.807) is 6.07 Å². The number of nitrogens with one attached hydrogen (secondary N) is 2. The SMILES string of the molecule is CNS(=O)(=O)c1ccc(CNC(C)CN2CCOCC2)o1. The molecule has 120 valence electrons. The van der Waals surface area contributed by atoms with Gasteiger partial charge in [-0.25, -0.2) is 13.1 Å². The number of nitrogens with zero attached hydrogens (tertiary/aromatic N) is 1. The van der Waals surface area contributed by atoms with Crippen molar-refractivity contribution in [2.24, 2.45) is 0 Å². The van der Waals surface area contributed by atoms with Crippen LogP contribution < -0.4 is 10.0 Å². The largest absolute Gasteiger partial charge is 0.447 e. The van der Waals surface area contributed by atoms with Gasteiger partial charge in [0, 0.05) is 25.7 Å². The second-order valence-corrected chi connectivity index (χ2v) is 6.94. The lowest BCUT2D eigenvalue weighted by Crippen LogP contribution is -2.44. The van der Waals surface area contributed by atoms with Crippen LogP contribution in [0.5, 0.6) is 0 Å². The quantitative estimate of drug-likeness (QED) is 0.736. The molecule has 2 heterocycles. The van der Waals surface area contributed by atoms with Gasteiger partial charge in [-0.3, -0.25) is 4.90 Å². The molecule has 1 unspecified atom stereocenters. The van der Waals surface area contributed by atoms with E-state index in [4.69, 9.17) is 9.15 Å². The summed E-state index contributed by atoms with van der Waals surface area (Å²) in [6.07, 6.45) is 0. The van der Waals surface area contributed by atoms with Crippen molar-refractivity contribution >= 4 is 10.0 Å². The molecule has 0 bridgehead atoms. The highest BCUT2D eigenvalue weighted by atomic mass is 32.2. The van der Waals surface area contributed by atoms with Crippen LogP contribution in [0.25, 0.3) is 0 Å². The van der Waals surface area contributed by atoms with Gasteiger partial charge in [0.2, 0.25) is 5.09 Å². The molecule has 1 aliphatic heterocycles. The summed E-state index contributed by atoms with van der Waals surface area (Å²) in [6.45, 7) is 7.03. The third kappa shape index (κ3) is 4.79. The Balaban J connectivity index is 1.80. The smallest absolute Gasteiger partial charge is 0.273 e. The van der Waals surface area contributed by atoms with Gasteiger partial charge in [-0.05, 0) is 26.1 Å². The lowest BCUT2D eigenvalue weighted by Gasteiger charge is -2.29. The van der Waals surface area contributed by atoms with Gasteiger partial charge in [0.15, 0.2) is 0 Å². The number of ether oxygens (including phenoxy) is 1. The van der Waals surface area contributed by atoms with Crippen LogP contribution in [0.4, 0.5) is 0 Å². The van der Waals surface area contributed by atoms with Gasteiger partial charge in [-0.2, -0.15) is 0 Å². The summed E-state index contributed by atoms with van der Waals surface area (Å²) in [5.41, 5.74) is 0. The number of sulfonamides is 1. The lowest BCUT2D eigenvalue weighted by molar-refractivity contribution is 0.0342. The van der Waals surface area contributed by atoms with E-state index in [1.165, 1.54) is 13.1 Å². The Labute approximate surface area is 125 Å². The van der Waals surface area contributed by atoms with E-state index in [9.17, 15) is 8.42 Å². The topological polar surface area (TPSA) is 83.8 Å². The van der Waals surface area contributed by atoms with Crippen LogP contribution in [-0.2, 0) is 21.3 Å². The molecule has 2 N–H and O–H groups in total. The van der Waals surface area contributed by atoms with E-state index in [-0.39, 0.29) is 11.1 Å². The molecular formula is C13H23N3O4S. The summed E-state index contributed by atoms with van der Waals surface area (Å²) in [5.74, 6) is 0.609. The van der Waals surface area contributed by atoms with Gasteiger partial charge in [0.1, 0.15) is 5.76 Å². The first kappa shape index (κ1) is 16.4. The number of furan rings is 1. The maximum Gasteiger partial charge on any atom is 0.273 e. The number of morpholine rings is 1. The molecule has 7 nitrogen and oxygen atoms in total. The maximum absolute atomic E-state index is 11.6. The minimum absolute atomic E-state index is 0.0531. The molecular weight excluding hydrogens is 294 g/mol. The third-order valence-electron chi connectivity index (χ3n) is 3.43. The van der Waals surface area contributed by atoms with Crippen LogP contribution in [-0.4, -0.2) is 59.3 Å². The predicted octanol–water partition coefficient (Wildman–Crippen LogP) is -0.00200. The molecule has 0 spiro atoms. The van der Waals surface area contributed by atoms with E-state index in [2.05, 4.69) is 21.9 Å². The Bertz CT molecular complexity index is 537. The average molecular weight is 317 g/mol. The fourth-order valence-corrected chi connectivity index (χ4v) is 2.87. The Morgan fingerprint density at radius 2 is 2.05 bits per heavy atom. The van der Waals surface area contributed by atoms with Gasteiger partial charge in [0.05, 0.1) is 19.8 Å². The summed E-state index contributed by atoms with van der Waals surface area (Å²) >= 11 is 0. The highest BCUT2D eigenvalue weighted by Gasteiger charge is 2.17. The second kappa shape index (κ2) is 7.37. The van der Waals surface area contributed by atoms with Crippen molar-refractivity contribution in [3.8, 4) is 0 Å². The Kier molecular flexibility index (Phi) is 5.77. The van der Waals surface area contributed by atoms with Gasteiger partial charge in [-0.1, -0.05) is 0 Å². The summed E-state index contributed by atoms with van der Waals surface area (Å²) in [7, 11) is -2.14. The normalized spacial score (nSPS) is 18.8. The summed E-state index contributed by atoms with van der Waals surface area (Å²) < 4.78 is 36.0. The molecule has 1 aromatic heterocycles. The fraction of sp³-hybridized carbons (Fsp3) is 0.692. The molecule has 1 saturated heterocycles. The molecule has 2 rings (SSSR count). The lowest BCUT2D eigenvalue weighted by atomic mass is 10.2. The van der Waals surface area contributed by atoms with Crippen LogP contribution in [0.2, 0.25) is 0 Å². The Morgan fingerprint density at radius 1 is 1.33 bits per heavy atom. The van der Waals surface area contributed by atoms with Gasteiger partial charge in [-0.15, -0.1) is 0 Å². The van der Waals surface area contributed by atoms with Crippen LogP contribution in [0.3, 0.4) is 0 Å². The van der Waals surface area contributed by atoms with Crippen LogP contribution in [0.1, 0.15) is 12.7 Å². The van der Waals surface area contributed by atoms with Crippen molar-refractivity contribution in [3.05, 3.63) is 17.9 Å². The molecule has 0 saturated carbocycles. The summed E-state index contributed by atoms with van der Waals surface area (Å²) in [5, 5.41) is 3.28. The summed E-state index contributed by atoms with van der Waals surface area (Å²) in [6, 6.07) is 3.44. The van der Waals surface area contributed by atoms with E-state index >= 15 is 0 Å². The minimum atomic E-state index is -3.51. The molecule has 0 aliphatic carbocycles. The third-order valence-corrected chi connectivity index (χ3v) is 4.72. The van der Waals surface area contributed by atoms with E-state index in [0.29, 0.717) is 12.3 Å². The predicted molar refractivity (Wildman–Crippen MR) is 78.5 cm³/mol. The zero-order valence-corrected chi connectivity index (χ0v) is 13.3. The fourth-order valence-electron chi connectivity index (χ4n) is 2.21. The van der Waals surface area contributed by atoms with Crippen molar-refractivity contribution in [2.75, 3.05) is 39.9 Å². The van der Waals surface area contributed by atoms with Gasteiger partial charge >= 0.3 is 0 Å². The molecule has 8 heteroatoms. The number of hydrogen-bond donors (Lipinski definition) is 2. The molecule has 0 amide bonds. The number of rotatable bonds is 7. The summed E-state index contributed by atoms with van der Waals surface area (Å²) in [4.78, 5) is 2.35. The Hall–Kier alpha value is -0.930. The van der Waals surface area contributed by atoms with Gasteiger partial charge < -0.3 is 14.5 Å². The zero-order chi connectivity index (χ0) is 15.3. The van der Waals surface area contributed by atoms with Crippen molar-refractivity contribution < 1.29 is 17.6 Å². The second-order valence-electron chi connectivity index (χ2n) is 5.12. The highest BCUT2D eigenvalue weighted by molar-refractivity contribution is 7.89. The maximum atomic E-state index is 11.6. The molecule has 1 aliphatic rings. The van der Waals surface area contributed by atoms with Crippen molar-refractivity contribution in [2.45, 2.75) is 24.6 Å². The first-order chi connectivity index (χ1) is 10.0. The van der Waals surface area contributed by atoms with Crippen molar-refractivity contribution in [1.29, 1.82) is 0 Å². The standard InChI is InChI=1S/C13H23N3O4S/c1-11(10-16-5-7-19-8-6-16)15-9-12-3-4-13(20-12)21(17,18)14-2/h3-4,11,14-15H,5-10H2,1-2H3. The molecule has 1 aromatic rings. The van der Waals surface area contributed by atoms with Crippen LogP contribution in [0, 0.1) is 0 Å². The number of hydrogen-bond acceptors (Lipinski definition) is 6. The Morgan fingerprint density at radius 3 is 2.71 bits per heavy atom. The van der Waals surface area contributed by atoms with Crippen molar-refractivity contribution in [1.82, 2.24) is 14.9 Å². The first-order valence-corrected chi connectivity index (χ1v) is 8.55. The average Bonchev–Trinajstić information content (AvgIpc) is 2.96. The molecule has 0 radical (unpaired) electrons. The molecule has 0 aromatic carbocycles. The first-order valence-electron chi connectivity index (χ1n) is 7.07. The van der Waals surface area contributed by atoms with E-state index < -0.39 is 10.0 Å². The van der Waals surface area contributed by atoms with E-state index in [1.807, 2.05) is 0 Å². The monoisotopic (exact) mass is 317 g/mol.